The fourth-order valence-corrected chi connectivity index (χ4v) is 3.51. The Morgan fingerprint density at radius 2 is 1.90 bits per heavy atom. The predicted octanol–water partition coefficient (Wildman–Crippen LogP) is 3.39. The van der Waals surface area contributed by atoms with Crippen molar-refractivity contribution < 1.29 is 9.47 Å². The van der Waals surface area contributed by atoms with Crippen molar-refractivity contribution in [2.45, 2.75) is 44.3 Å². The quantitative estimate of drug-likeness (QED) is 0.904. The zero-order valence-electron chi connectivity index (χ0n) is 12.9. The molecule has 1 aromatic carbocycles. The summed E-state index contributed by atoms with van der Waals surface area (Å²) < 4.78 is 10.7. The summed E-state index contributed by atoms with van der Waals surface area (Å²) in [6.45, 7) is 3.41. The molecule has 21 heavy (non-hydrogen) atoms. The van der Waals surface area contributed by atoms with Crippen molar-refractivity contribution in [1.29, 1.82) is 0 Å². The van der Waals surface area contributed by atoms with E-state index in [0.717, 1.165) is 30.4 Å². The van der Waals surface area contributed by atoms with Crippen LogP contribution in [0, 0.1) is 0 Å². The van der Waals surface area contributed by atoms with Gasteiger partial charge in [0.15, 0.2) is 0 Å². The number of ether oxygens (including phenoxy) is 2. The van der Waals surface area contributed by atoms with Gasteiger partial charge in [0.2, 0.25) is 0 Å². The largest absolute Gasteiger partial charge is 0.495 e. The lowest BCUT2D eigenvalue weighted by atomic mass is 10.1. The van der Waals surface area contributed by atoms with Gasteiger partial charge in [-0.2, -0.15) is 0 Å². The molecule has 1 heterocycles. The molecule has 1 saturated carbocycles. The first-order chi connectivity index (χ1) is 10.1. The van der Waals surface area contributed by atoms with Crippen molar-refractivity contribution >= 4 is 17.3 Å². The molecule has 0 spiro atoms. The maximum absolute atomic E-state index is 6.23. The molecule has 2 atom stereocenters. The Bertz CT molecular complexity index is 519. The van der Waals surface area contributed by atoms with Gasteiger partial charge in [-0.3, -0.25) is 4.90 Å². The third kappa shape index (κ3) is 3.06. The number of anilines is 1. The Kier molecular flexibility index (Phi) is 4.18. The molecule has 1 aliphatic heterocycles. The first-order valence-electron chi connectivity index (χ1n) is 7.56. The van der Waals surface area contributed by atoms with Gasteiger partial charge < -0.3 is 14.8 Å². The Morgan fingerprint density at radius 1 is 1.19 bits per heavy atom. The second-order valence-corrected chi connectivity index (χ2v) is 6.45. The molecular weight excluding hydrogens is 288 g/mol. The van der Waals surface area contributed by atoms with Crippen LogP contribution in [0.15, 0.2) is 12.1 Å². The van der Waals surface area contributed by atoms with E-state index >= 15 is 0 Å². The van der Waals surface area contributed by atoms with Gasteiger partial charge in [-0.05, 0) is 32.3 Å². The SMILES string of the molecule is COc1cc(OC)c(NC2CC(C)N(C3CC3)C2)cc1Cl. The lowest BCUT2D eigenvalue weighted by molar-refractivity contribution is 0.257. The molecular formula is C16H23ClN2O2. The van der Waals surface area contributed by atoms with Gasteiger partial charge in [-0.1, -0.05) is 11.6 Å². The smallest absolute Gasteiger partial charge is 0.145 e. The first-order valence-corrected chi connectivity index (χ1v) is 7.94. The van der Waals surface area contributed by atoms with Crippen molar-refractivity contribution in [3.8, 4) is 11.5 Å². The van der Waals surface area contributed by atoms with Gasteiger partial charge in [-0.15, -0.1) is 0 Å². The normalized spacial score (nSPS) is 25.9. The third-order valence-electron chi connectivity index (χ3n) is 4.47. The van der Waals surface area contributed by atoms with Crippen molar-refractivity contribution in [2.24, 2.45) is 0 Å². The molecule has 0 radical (unpaired) electrons. The lowest BCUT2D eigenvalue weighted by Gasteiger charge is -2.20. The maximum Gasteiger partial charge on any atom is 0.145 e. The minimum atomic E-state index is 0.443. The standard InChI is InChI=1S/C16H23ClN2O2/c1-10-6-11(9-19(10)12-4-5-12)18-14-7-13(17)15(20-2)8-16(14)21-3/h7-8,10-12,18H,4-6,9H2,1-3H3. The summed E-state index contributed by atoms with van der Waals surface area (Å²) >= 11 is 6.23. The van der Waals surface area contributed by atoms with Gasteiger partial charge in [0.1, 0.15) is 11.5 Å². The lowest BCUT2D eigenvalue weighted by Crippen LogP contribution is -2.31. The minimum absolute atomic E-state index is 0.443. The highest BCUT2D eigenvalue weighted by atomic mass is 35.5. The van der Waals surface area contributed by atoms with E-state index in [2.05, 4.69) is 17.1 Å². The molecule has 1 N–H and O–H groups in total. The van der Waals surface area contributed by atoms with Gasteiger partial charge in [0.05, 0.1) is 24.9 Å². The van der Waals surface area contributed by atoms with Crippen molar-refractivity contribution in [2.75, 3.05) is 26.1 Å². The van der Waals surface area contributed by atoms with E-state index in [1.807, 2.05) is 12.1 Å². The fourth-order valence-electron chi connectivity index (χ4n) is 3.27. The number of hydrogen-bond donors (Lipinski definition) is 1. The summed E-state index contributed by atoms with van der Waals surface area (Å²) in [5.74, 6) is 1.41. The van der Waals surface area contributed by atoms with Crippen LogP contribution >= 0.6 is 11.6 Å². The topological polar surface area (TPSA) is 33.7 Å². The zero-order valence-corrected chi connectivity index (χ0v) is 13.6. The Labute approximate surface area is 131 Å². The molecule has 3 rings (SSSR count). The molecule has 0 bridgehead atoms. The number of methoxy groups -OCH3 is 2. The Balaban J connectivity index is 1.74. The van der Waals surface area contributed by atoms with E-state index in [4.69, 9.17) is 21.1 Å². The molecule has 2 fully saturated rings. The van der Waals surface area contributed by atoms with Crippen LogP contribution in [-0.2, 0) is 0 Å². The average molecular weight is 311 g/mol. The van der Waals surface area contributed by atoms with Gasteiger partial charge in [0, 0.05) is 30.7 Å². The predicted molar refractivity (Wildman–Crippen MR) is 85.8 cm³/mol. The molecule has 0 amide bonds. The van der Waals surface area contributed by atoms with Gasteiger partial charge >= 0.3 is 0 Å². The van der Waals surface area contributed by atoms with Crippen LogP contribution in [0.4, 0.5) is 5.69 Å². The molecule has 1 aromatic rings. The Morgan fingerprint density at radius 3 is 2.52 bits per heavy atom. The van der Waals surface area contributed by atoms with Crippen LogP contribution < -0.4 is 14.8 Å². The van der Waals surface area contributed by atoms with E-state index in [1.54, 1.807) is 14.2 Å². The molecule has 4 nitrogen and oxygen atoms in total. The first kappa shape index (κ1) is 14.8. The second kappa shape index (κ2) is 5.93. The average Bonchev–Trinajstić information content (AvgIpc) is 3.24. The molecule has 116 valence electrons. The van der Waals surface area contributed by atoms with Crippen LogP contribution in [0.2, 0.25) is 5.02 Å². The second-order valence-electron chi connectivity index (χ2n) is 6.04. The highest BCUT2D eigenvalue weighted by Gasteiger charge is 2.38. The van der Waals surface area contributed by atoms with E-state index in [-0.39, 0.29) is 0 Å². The molecule has 2 aliphatic rings. The van der Waals surface area contributed by atoms with Crippen molar-refractivity contribution in [3.05, 3.63) is 17.2 Å². The highest BCUT2D eigenvalue weighted by molar-refractivity contribution is 6.32. The number of hydrogen-bond acceptors (Lipinski definition) is 4. The summed E-state index contributed by atoms with van der Waals surface area (Å²) in [7, 11) is 3.28. The highest BCUT2D eigenvalue weighted by Crippen LogP contribution is 2.38. The van der Waals surface area contributed by atoms with E-state index < -0.39 is 0 Å². The molecule has 5 heteroatoms. The molecule has 0 aromatic heterocycles. The molecule has 1 aliphatic carbocycles. The van der Waals surface area contributed by atoms with E-state index in [9.17, 15) is 0 Å². The summed E-state index contributed by atoms with van der Waals surface area (Å²) in [6.07, 6.45) is 3.87. The Hall–Kier alpha value is -1.13. The van der Waals surface area contributed by atoms with E-state index in [1.165, 1.54) is 12.8 Å². The fraction of sp³-hybridized carbons (Fsp3) is 0.625. The van der Waals surface area contributed by atoms with Crippen LogP contribution in [0.25, 0.3) is 0 Å². The third-order valence-corrected chi connectivity index (χ3v) is 4.77. The monoisotopic (exact) mass is 310 g/mol. The molecule has 1 saturated heterocycles. The van der Waals surface area contributed by atoms with Crippen molar-refractivity contribution in [1.82, 2.24) is 4.90 Å². The van der Waals surface area contributed by atoms with Crippen LogP contribution in [0.5, 0.6) is 11.5 Å². The van der Waals surface area contributed by atoms with Crippen LogP contribution in [-0.4, -0.2) is 43.8 Å². The maximum atomic E-state index is 6.23. The number of benzene rings is 1. The van der Waals surface area contributed by atoms with Crippen molar-refractivity contribution in [3.63, 3.8) is 0 Å². The number of nitrogens with zero attached hydrogens (tertiary/aromatic N) is 1. The van der Waals surface area contributed by atoms with Crippen LogP contribution in [0.3, 0.4) is 0 Å². The summed E-state index contributed by atoms with van der Waals surface area (Å²) in [4.78, 5) is 2.62. The zero-order chi connectivity index (χ0) is 15.0. The number of likely N-dealkylation sites (tertiary alicyclic amines) is 1. The number of rotatable bonds is 5. The summed E-state index contributed by atoms with van der Waals surface area (Å²) in [5, 5.41) is 4.19. The summed E-state index contributed by atoms with van der Waals surface area (Å²) in [6, 6.07) is 5.63. The van der Waals surface area contributed by atoms with Gasteiger partial charge in [-0.25, -0.2) is 0 Å². The number of nitrogens with one attached hydrogen (secondary N) is 1. The minimum Gasteiger partial charge on any atom is -0.495 e. The van der Waals surface area contributed by atoms with Crippen LogP contribution in [0.1, 0.15) is 26.2 Å². The van der Waals surface area contributed by atoms with E-state index in [0.29, 0.717) is 22.9 Å². The number of halogens is 1. The molecule has 2 unspecified atom stereocenters. The summed E-state index contributed by atoms with van der Waals surface area (Å²) in [5.41, 5.74) is 0.943. The van der Waals surface area contributed by atoms with Gasteiger partial charge in [0.25, 0.3) is 0 Å².